The summed E-state index contributed by atoms with van der Waals surface area (Å²) in [5.41, 5.74) is 0. The molecule has 76 valence electrons. The summed E-state index contributed by atoms with van der Waals surface area (Å²) in [6, 6.07) is 0. The fourth-order valence-electron chi connectivity index (χ4n) is 1.13. The van der Waals surface area contributed by atoms with Gasteiger partial charge in [-0.3, -0.25) is 10.1 Å². The van der Waals surface area contributed by atoms with Gasteiger partial charge in [0, 0.05) is 11.6 Å². The number of unbranched alkanes of at least 4 members (excludes halogenated alkanes) is 4. The van der Waals surface area contributed by atoms with Crippen LogP contribution in [0.5, 0.6) is 0 Å². The molecule has 0 aromatic carbocycles. The largest absolute Gasteiger partial charge is 0.339 e. The highest BCUT2D eigenvalue weighted by Crippen LogP contribution is 2.09. The minimum absolute atomic E-state index is 0.278. The van der Waals surface area contributed by atoms with Crippen molar-refractivity contribution in [1.29, 1.82) is 0 Å². The highest BCUT2D eigenvalue weighted by atomic mass is 16.6. The molecular weight excluding hydrogens is 172 g/mol. The zero-order chi connectivity index (χ0) is 10.1. The summed E-state index contributed by atoms with van der Waals surface area (Å²) in [6.45, 7) is 2.10. The second-order valence-electron chi connectivity index (χ2n) is 3.07. The lowest BCUT2D eigenvalue weighted by atomic mass is 10.1. The van der Waals surface area contributed by atoms with Gasteiger partial charge in [-0.05, 0) is 6.42 Å². The van der Waals surface area contributed by atoms with Crippen LogP contribution >= 0.6 is 0 Å². The number of nitrogens with zero attached hydrogens (tertiary/aromatic N) is 2. The Labute approximate surface area is 77.6 Å². The monoisotopic (exact) mass is 188 g/mol. The topological polar surface area (TPSA) is 72.6 Å². The normalized spacial score (nSPS) is 12.4. The molecule has 0 saturated heterocycles. The van der Waals surface area contributed by atoms with Crippen molar-refractivity contribution in [2.45, 2.75) is 51.6 Å². The molecule has 0 aliphatic carbocycles. The van der Waals surface area contributed by atoms with Crippen molar-refractivity contribution in [2.24, 2.45) is 5.18 Å². The van der Waals surface area contributed by atoms with Gasteiger partial charge in [-0.2, -0.15) is 0 Å². The third-order valence-corrected chi connectivity index (χ3v) is 1.93. The molecule has 0 aromatic rings. The van der Waals surface area contributed by atoms with Crippen LogP contribution < -0.4 is 0 Å². The number of nitro groups is 1. The molecule has 0 saturated carbocycles. The molecule has 1 atom stereocenters. The van der Waals surface area contributed by atoms with Gasteiger partial charge in [0.15, 0.2) is 0 Å². The summed E-state index contributed by atoms with van der Waals surface area (Å²) in [5.74, 6) is 0. The molecule has 5 heteroatoms. The van der Waals surface area contributed by atoms with Gasteiger partial charge >= 0.3 is 6.17 Å². The molecule has 5 nitrogen and oxygen atoms in total. The van der Waals surface area contributed by atoms with E-state index in [-0.39, 0.29) is 6.42 Å². The van der Waals surface area contributed by atoms with Crippen molar-refractivity contribution < 1.29 is 4.92 Å². The summed E-state index contributed by atoms with van der Waals surface area (Å²) >= 11 is 0. The smallest absolute Gasteiger partial charge is 0.262 e. The van der Waals surface area contributed by atoms with E-state index in [0.29, 0.717) is 0 Å². The molecule has 0 fully saturated rings. The Morgan fingerprint density at radius 1 is 1.31 bits per heavy atom. The van der Waals surface area contributed by atoms with E-state index in [9.17, 15) is 15.0 Å². The fraction of sp³-hybridized carbons (Fsp3) is 1.00. The summed E-state index contributed by atoms with van der Waals surface area (Å²) in [7, 11) is 0. The third-order valence-electron chi connectivity index (χ3n) is 1.93. The molecular formula is C8H16N2O3. The zero-order valence-electron chi connectivity index (χ0n) is 7.94. The van der Waals surface area contributed by atoms with Crippen molar-refractivity contribution in [1.82, 2.24) is 0 Å². The lowest BCUT2D eigenvalue weighted by Crippen LogP contribution is -2.15. The summed E-state index contributed by atoms with van der Waals surface area (Å²) in [4.78, 5) is 19.5. The van der Waals surface area contributed by atoms with E-state index < -0.39 is 11.1 Å². The van der Waals surface area contributed by atoms with E-state index in [4.69, 9.17) is 0 Å². The third kappa shape index (κ3) is 6.19. The maximum absolute atomic E-state index is 10.2. The Bertz CT molecular complexity index is 161. The zero-order valence-corrected chi connectivity index (χ0v) is 7.94. The Morgan fingerprint density at radius 3 is 2.38 bits per heavy atom. The van der Waals surface area contributed by atoms with Gasteiger partial charge in [-0.1, -0.05) is 32.6 Å². The quantitative estimate of drug-likeness (QED) is 0.254. The summed E-state index contributed by atoms with van der Waals surface area (Å²) in [5, 5.41) is 12.6. The average molecular weight is 188 g/mol. The standard InChI is InChI=1S/C8H16N2O3/c1-2-3-4-5-6-7-8(9-11)10(12)13/h8H,2-7H2,1H3. The minimum atomic E-state index is -1.23. The van der Waals surface area contributed by atoms with Crippen molar-refractivity contribution in [2.75, 3.05) is 0 Å². The van der Waals surface area contributed by atoms with Crippen molar-refractivity contribution in [3.63, 3.8) is 0 Å². The molecule has 0 N–H and O–H groups in total. The Kier molecular flexibility index (Phi) is 7.05. The van der Waals surface area contributed by atoms with Crippen LogP contribution in [0.3, 0.4) is 0 Å². The van der Waals surface area contributed by atoms with Gasteiger partial charge in [0.1, 0.15) is 0 Å². The molecule has 0 spiro atoms. The first kappa shape index (κ1) is 12.0. The van der Waals surface area contributed by atoms with Gasteiger partial charge in [0.25, 0.3) is 0 Å². The van der Waals surface area contributed by atoms with Crippen LogP contribution in [0.1, 0.15) is 45.4 Å². The van der Waals surface area contributed by atoms with Crippen LogP contribution in [0, 0.1) is 15.0 Å². The van der Waals surface area contributed by atoms with Gasteiger partial charge in [0.05, 0.1) is 4.92 Å². The predicted octanol–water partition coefficient (Wildman–Crippen LogP) is 2.72. The lowest BCUT2D eigenvalue weighted by molar-refractivity contribution is -0.521. The first-order chi connectivity index (χ1) is 6.22. The Hall–Kier alpha value is -1.00. The fourth-order valence-corrected chi connectivity index (χ4v) is 1.13. The molecule has 0 rings (SSSR count). The van der Waals surface area contributed by atoms with E-state index in [1.165, 1.54) is 0 Å². The van der Waals surface area contributed by atoms with E-state index in [1.807, 2.05) is 0 Å². The molecule has 1 unspecified atom stereocenters. The van der Waals surface area contributed by atoms with Crippen LogP contribution in [0.4, 0.5) is 0 Å². The first-order valence-corrected chi connectivity index (χ1v) is 4.68. The second kappa shape index (κ2) is 7.64. The molecule has 0 heterocycles. The van der Waals surface area contributed by atoms with E-state index in [2.05, 4.69) is 12.1 Å². The Morgan fingerprint density at radius 2 is 1.92 bits per heavy atom. The number of nitroso groups, excluding NO2 is 1. The number of hydrogen-bond acceptors (Lipinski definition) is 4. The van der Waals surface area contributed by atoms with Gasteiger partial charge in [-0.15, -0.1) is 4.91 Å². The Balaban J connectivity index is 3.39. The molecule has 0 aliphatic rings. The van der Waals surface area contributed by atoms with Crippen LogP contribution in [0.25, 0.3) is 0 Å². The molecule has 13 heavy (non-hydrogen) atoms. The van der Waals surface area contributed by atoms with Gasteiger partial charge < -0.3 is 0 Å². The summed E-state index contributed by atoms with van der Waals surface area (Å²) < 4.78 is 0. The molecule has 0 aliphatic heterocycles. The molecule has 0 amide bonds. The van der Waals surface area contributed by atoms with Crippen molar-refractivity contribution >= 4 is 0 Å². The SMILES string of the molecule is CCCCCCCC(N=O)[N+](=O)[O-]. The van der Waals surface area contributed by atoms with Crippen LogP contribution in [-0.2, 0) is 0 Å². The summed E-state index contributed by atoms with van der Waals surface area (Å²) in [6.07, 6.45) is 4.09. The predicted molar refractivity (Wildman–Crippen MR) is 50.0 cm³/mol. The highest BCUT2D eigenvalue weighted by Gasteiger charge is 2.18. The van der Waals surface area contributed by atoms with E-state index >= 15 is 0 Å². The maximum atomic E-state index is 10.2. The van der Waals surface area contributed by atoms with Gasteiger partial charge in [-0.25, -0.2) is 0 Å². The second-order valence-corrected chi connectivity index (χ2v) is 3.07. The number of hydrogen-bond donors (Lipinski definition) is 0. The minimum Gasteiger partial charge on any atom is -0.262 e. The number of rotatable bonds is 8. The van der Waals surface area contributed by atoms with Crippen molar-refractivity contribution in [3.8, 4) is 0 Å². The van der Waals surface area contributed by atoms with E-state index in [0.717, 1.165) is 32.1 Å². The molecule has 0 aromatic heterocycles. The maximum Gasteiger partial charge on any atom is 0.339 e. The highest BCUT2D eigenvalue weighted by molar-refractivity contribution is 4.53. The van der Waals surface area contributed by atoms with Crippen molar-refractivity contribution in [3.05, 3.63) is 15.0 Å². The van der Waals surface area contributed by atoms with E-state index in [1.54, 1.807) is 0 Å². The van der Waals surface area contributed by atoms with Crippen LogP contribution in [-0.4, -0.2) is 11.1 Å². The van der Waals surface area contributed by atoms with Crippen LogP contribution in [0.15, 0.2) is 5.18 Å². The lowest BCUT2D eigenvalue weighted by Gasteiger charge is -2.00. The molecule has 0 bridgehead atoms. The average Bonchev–Trinajstić information content (AvgIpc) is 2.10. The van der Waals surface area contributed by atoms with Crippen LogP contribution in [0.2, 0.25) is 0 Å². The first-order valence-electron chi connectivity index (χ1n) is 4.68. The molecule has 0 radical (unpaired) electrons. The van der Waals surface area contributed by atoms with Gasteiger partial charge in [0.2, 0.25) is 0 Å².